The first-order chi connectivity index (χ1) is 11.1. The normalized spacial score (nSPS) is 10.4. The summed E-state index contributed by atoms with van der Waals surface area (Å²) in [7, 11) is 0. The van der Waals surface area contributed by atoms with Crippen LogP contribution in [-0.4, -0.2) is 9.97 Å². The van der Waals surface area contributed by atoms with Crippen LogP contribution in [0, 0.1) is 11.6 Å². The molecule has 1 aromatic heterocycles. The first-order valence-corrected chi connectivity index (χ1v) is 7.05. The fourth-order valence-corrected chi connectivity index (χ4v) is 2.10. The maximum Gasteiger partial charge on any atom is 0.146 e. The van der Waals surface area contributed by atoms with E-state index in [0.717, 1.165) is 0 Å². The standard InChI is InChI=1S/C16H11ClF2N4/c17-11-7-10(5-6-12(11)18)22-15-8-16(21-9-20-15)23-14-4-2-1-3-13(14)19/h1-9H,(H2,20,21,22,23). The van der Waals surface area contributed by atoms with Gasteiger partial charge in [-0.2, -0.15) is 0 Å². The number of hydrogen-bond donors (Lipinski definition) is 2. The quantitative estimate of drug-likeness (QED) is 0.713. The van der Waals surface area contributed by atoms with E-state index in [1.807, 2.05) is 0 Å². The average Bonchev–Trinajstić information content (AvgIpc) is 2.54. The van der Waals surface area contributed by atoms with E-state index >= 15 is 0 Å². The Morgan fingerprint density at radius 2 is 1.57 bits per heavy atom. The van der Waals surface area contributed by atoms with E-state index in [1.54, 1.807) is 24.3 Å². The van der Waals surface area contributed by atoms with Crippen molar-refractivity contribution in [2.45, 2.75) is 0 Å². The molecule has 3 aromatic rings. The molecule has 0 unspecified atom stereocenters. The van der Waals surface area contributed by atoms with Gasteiger partial charge in [-0.05, 0) is 30.3 Å². The molecule has 0 saturated carbocycles. The fourth-order valence-electron chi connectivity index (χ4n) is 1.92. The minimum Gasteiger partial charge on any atom is -0.340 e. The molecule has 0 bridgehead atoms. The van der Waals surface area contributed by atoms with Crippen molar-refractivity contribution >= 4 is 34.6 Å². The molecule has 23 heavy (non-hydrogen) atoms. The van der Waals surface area contributed by atoms with Gasteiger partial charge in [0.2, 0.25) is 0 Å². The molecule has 2 N–H and O–H groups in total. The van der Waals surface area contributed by atoms with Crippen LogP contribution in [0.15, 0.2) is 54.9 Å². The molecule has 4 nitrogen and oxygen atoms in total. The molecule has 1 heterocycles. The lowest BCUT2D eigenvalue weighted by atomic mass is 10.3. The van der Waals surface area contributed by atoms with Crippen molar-refractivity contribution < 1.29 is 8.78 Å². The Kier molecular flexibility index (Phi) is 4.34. The number of nitrogens with one attached hydrogen (secondary N) is 2. The monoisotopic (exact) mass is 332 g/mol. The van der Waals surface area contributed by atoms with Gasteiger partial charge < -0.3 is 10.6 Å². The zero-order chi connectivity index (χ0) is 16.2. The van der Waals surface area contributed by atoms with E-state index in [9.17, 15) is 8.78 Å². The third kappa shape index (κ3) is 3.73. The van der Waals surface area contributed by atoms with Crippen LogP contribution in [0.4, 0.5) is 31.8 Å². The Morgan fingerprint density at radius 1 is 0.826 bits per heavy atom. The largest absolute Gasteiger partial charge is 0.340 e. The van der Waals surface area contributed by atoms with Crippen molar-refractivity contribution in [1.29, 1.82) is 0 Å². The predicted molar refractivity (Wildman–Crippen MR) is 86.4 cm³/mol. The Labute approximate surface area is 136 Å². The zero-order valence-corrected chi connectivity index (χ0v) is 12.5. The van der Waals surface area contributed by atoms with Crippen molar-refractivity contribution in [2.24, 2.45) is 0 Å². The fraction of sp³-hybridized carbons (Fsp3) is 0. The summed E-state index contributed by atoms with van der Waals surface area (Å²) < 4.78 is 26.8. The SMILES string of the molecule is Fc1ccc(Nc2cc(Nc3ccccc3F)ncn2)cc1Cl. The lowest BCUT2D eigenvalue weighted by Crippen LogP contribution is -1.99. The van der Waals surface area contributed by atoms with Gasteiger partial charge in [-0.1, -0.05) is 23.7 Å². The van der Waals surface area contributed by atoms with Crippen molar-refractivity contribution in [3.63, 3.8) is 0 Å². The average molecular weight is 333 g/mol. The molecule has 0 aliphatic rings. The lowest BCUT2D eigenvalue weighted by molar-refractivity contribution is 0.628. The van der Waals surface area contributed by atoms with Crippen molar-refractivity contribution in [3.05, 3.63) is 71.5 Å². The summed E-state index contributed by atoms with van der Waals surface area (Å²) in [5.41, 5.74) is 0.883. The first-order valence-electron chi connectivity index (χ1n) is 6.67. The van der Waals surface area contributed by atoms with Gasteiger partial charge in [-0.15, -0.1) is 0 Å². The van der Waals surface area contributed by atoms with Gasteiger partial charge in [0, 0.05) is 11.8 Å². The molecule has 0 aliphatic carbocycles. The van der Waals surface area contributed by atoms with Crippen LogP contribution in [0.5, 0.6) is 0 Å². The number of rotatable bonds is 4. The van der Waals surface area contributed by atoms with Crippen molar-refractivity contribution in [1.82, 2.24) is 9.97 Å². The highest BCUT2D eigenvalue weighted by Crippen LogP contribution is 2.23. The van der Waals surface area contributed by atoms with Gasteiger partial charge in [0.1, 0.15) is 29.6 Å². The van der Waals surface area contributed by atoms with Crippen LogP contribution in [-0.2, 0) is 0 Å². The summed E-state index contributed by atoms with van der Waals surface area (Å²) >= 11 is 5.73. The number of aromatic nitrogens is 2. The van der Waals surface area contributed by atoms with E-state index in [-0.39, 0.29) is 10.8 Å². The van der Waals surface area contributed by atoms with Gasteiger partial charge in [0.15, 0.2) is 0 Å². The molecule has 7 heteroatoms. The van der Waals surface area contributed by atoms with Gasteiger partial charge >= 0.3 is 0 Å². The Bertz CT molecular complexity index is 842. The van der Waals surface area contributed by atoms with Crippen LogP contribution < -0.4 is 10.6 Å². The molecule has 0 saturated heterocycles. The Balaban J connectivity index is 1.79. The molecule has 2 aromatic carbocycles. The van der Waals surface area contributed by atoms with Crippen LogP contribution in [0.25, 0.3) is 0 Å². The summed E-state index contributed by atoms with van der Waals surface area (Å²) in [6.45, 7) is 0. The third-order valence-electron chi connectivity index (χ3n) is 3.00. The second-order valence-electron chi connectivity index (χ2n) is 4.65. The maximum atomic E-state index is 13.6. The molecule has 116 valence electrons. The van der Waals surface area contributed by atoms with E-state index in [0.29, 0.717) is 23.0 Å². The van der Waals surface area contributed by atoms with Gasteiger partial charge in [-0.3, -0.25) is 0 Å². The highest BCUT2D eigenvalue weighted by molar-refractivity contribution is 6.31. The summed E-state index contributed by atoms with van der Waals surface area (Å²) in [5, 5.41) is 5.85. The van der Waals surface area contributed by atoms with Crippen molar-refractivity contribution in [2.75, 3.05) is 10.6 Å². The van der Waals surface area contributed by atoms with Crippen LogP contribution >= 0.6 is 11.6 Å². The van der Waals surface area contributed by atoms with Gasteiger partial charge in [0.05, 0.1) is 10.7 Å². The first kappa shape index (κ1) is 15.2. The number of nitrogens with zero attached hydrogens (tertiary/aromatic N) is 2. The molecule has 0 radical (unpaired) electrons. The highest BCUT2D eigenvalue weighted by atomic mass is 35.5. The highest BCUT2D eigenvalue weighted by Gasteiger charge is 2.05. The third-order valence-corrected chi connectivity index (χ3v) is 3.29. The van der Waals surface area contributed by atoms with Gasteiger partial charge in [-0.25, -0.2) is 18.7 Å². The Hall–Kier alpha value is -2.73. The summed E-state index contributed by atoms with van der Waals surface area (Å²) in [6, 6.07) is 12.1. The number of benzene rings is 2. The van der Waals surface area contributed by atoms with E-state index in [1.165, 1.54) is 30.6 Å². The second-order valence-corrected chi connectivity index (χ2v) is 5.05. The number of hydrogen-bond acceptors (Lipinski definition) is 4. The molecule has 0 amide bonds. The predicted octanol–water partition coefficient (Wildman–Crippen LogP) is 4.90. The minimum absolute atomic E-state index is 0.00811. The van der Waals surface area contributed by atoms with Crippen LogP contribution in [0.2, 0.25) is 5.02 Å². The molecule has 0 atom stereocenters. The van der Waals surface area contributed by atoms with Crippen LogP contribution in [0.1, 0.15) is 0 Å². The molecular formula is C16H11ClF2N4. The van der Waals surface area contributed by atoms with Gasteiger partial charge in [0.25, 0.3) is 0 Å². The van der Waals surface area contributed by atoms with Crippen LogP contribution in [0.3, 0.4) is 0 Å². The molecular weight excluding hydrogens is 322 g/mol. The molecule has 0 fully saturated rings. The lowest BCUT2D eigenvalue weighted by Gasteiger charge is -2.09. The number of anilines is 4. The smallest absolute Gasteiger partial charge is 0.146 e. The van der Waals surface area contributed by atoms with Crippen molar-refractivity contribution in [3.8, 4) is 0 Å². The number of para-hydroxylation sites is 1. The Morgan fingerprint density at radius 3 is 2.30 bits per heavy atom. The zero-order valence-electron chi connectivity index (χ0n) is 11.7. The summed E-state index contributed by atoms with van der Waals surface area (Å²) in [6.07, 6.45) is 1.33. The summed E-state index contributed by atoms with van der Waals surface area (Å²) in [5.74, 6) is -0.00456. The minimum atomic E-state index is -0.498. The summed E-state index contributed by atoms with van der Waals surface area (Å²) in [4.78, 5) is 8.09. The second kappa shape index (κ2) is 6.58. The van der Waals surface area contributed by atoms with E-state index in [4.69, 9.17) is 11.6 Å². The van der Waals surface area contributed by atoms with E-state index < -0.39 is 5.82 Å². The maximum absolute atomic E-state index is 13.6. The number of halogens is 3. The molecule has 0 aliphatic heterocycles. The van der Waals surface area contributed by atoms with E-state index in [2.05, 4.69) is 20.6 Å². The molecule has 3 rings (SSSR count). The molecule has 0 spiro atoms. The topological polar surface area (TPSA) is 49.8 Å².